The Bertz CT molecular complexity index is 691. The standard InChI is InChI=1S/C20H26N2O3/c1-13(2)18(20(23)24)22-11-16-9-14(3)19(15(4)10-16)25-12-17-7-5-6-8-21-17/h5-10,13,18,22H,11-12H2,1-4H3,(H,23,24)/t18-/m1/s1. The molecule has 25 heavy (non-hydrogen) atoms. The minimum Gasteiger partial charge on any atom is -0.487 e. The number of nitrogens with one attached hydrogen (secondary N) is 1. The van der Waals surface area contributed by atoms with Crippen LogP contribution in [0.1, 0.15) is 36.2 Å². The molecule has 0 spiro atoms. The second kappa shape index (κ2) is 8.62. The van der Waals surface area contributed by atoms with Crippen molar-refractivity contribution in [2.75, 3.05) is 0 Å². The molecule has 1 aromatic carbocycles. The molecule has 0 saturated carbocycles. The molecule has 134 valence electrons. The number of carboxylic acids is 1. The van der Waals surface area contributed by atoms with Crippen LogP contribution in [0.25, 0.3) is 0 Å². The average Bonchev–Trinajstić information content (AvgIpc) is 2.54. The van der Waals surface area contributed by atoms with Gasteiger partial charge in [-0.3, -0.25) is 9.78 Å². The van der Waals surface area contributed by atoms with Gasteiger partial charge in [0.05, 0.1) is 5.69 Å². The lowest BCUT2D eigenvalue weighted by Gasteiger charge is -2.19. The van der Waals surface area contributed by atoms with E-state index in [1.165, 1.54) is 0 Å². The number of rotatable bonds is 8. The van der Waals surface area contributed by atoms with Crippen molar-refractivity contribution in [1.82, 2.24) is 10.3 Å². The van der Waals surface area contributed by atoms with E-state index in [0.29, 0.717) is 13.2 Å². The molecule has 0 fully saturated rings. The number of carboxylic acid groups (broad SMARTS) is 1. The largest absolute Gasteiger partial charge is 0.487 e. The van der Waals surface area contributed by atoms with Gasteiger partial charge < -0.3 is 15.2 Å². The summed E-state index contributed by atoms with van der Waals surface area (Å²) in [5, 5.41) is 12.4. The van der Waals surface area contributed by atoms with Gasteiger partial charge in [0.15, 0.2) is 0 Å². The number of benzene rings is 1. The molecule has 1 heterocycles. The van der Waals surface area contributed by atoms with E-state index in [-0.39, 0.29) is 5.92 Å². The van der Waals surface area contributed by atoms with Crippen LogP contribution in [0.3, 0.4) is 0 Å². The van der Waals surface area contributed by atoms with Crippen LogP contribution in [0, 0.1) is 19.8 Å². The van der Waals surface area contributed by atoms with E-state index in [9.17, 15) is 9.90 Å². The van der Waals surface area contributed by atoms with Crippen molar-refractivity contribution in [1.29, 1.82) is 0 Å². The summed E-state index contributed by atoms with van der Waals surface area (Å²) in [6, 6.07) is 9.26. The first-order valence-electron chi connectivity index (χ1n) is 8.47. The SMILES string of the molecule is Cc1cc(CN[C@@H](C(=O)O)C(C)C)cc(C)c1OCc1ccccn1. The molecule has 5 heteroatoms. The minimum absolute atomic E-state index is 0.0284. The van der Waals surface area contributed by atoms with Crippen molar-refractivity contribution < 1.29 is 14.6 Å². The van der Waals surface area contributed by atoms with Gasteiger partial charge in [-0.05, 0) is 48.6 Å². The van der Waals surface area contributed by atoms with E-state index in [1.54, 1.807) is 6.20 Å². The van der Waals surface area contributed by atoms with Crippen LogP contribution >= 0.6 is 0 Å². The molecule has 0 saturated heterocycles. The van der Waals surface area contributed by atoms with Gasteiger partial charge in [-0.15, -0.1) is 0 Å². The molecular weight excluding hydrogens is 316 g/mol. The van der Waals surface area contributed by atoms with Crippen LogP contribution in [0.2, 0.25) is 0 Å². The predicted molar refractivity (Wildman–Crippen MR) is 97.6 cm³/mol. The zero-order chi connectivity index (χ0) is 18.4. The molecule has 0 aliphatic carbocycles. The van der Waals surface area contributed by atoms with Crippen LogP contribution < -0.4 is 10.1 Å². The molecule has 1 atom stereocenters. The number of pyridine rings is 1. The van der Waals surface area contributed by atoms with E-state index >= 15 is 0 Å². The molecule has 0 unspecified atom stereocenters. The van der Waals surface area contributed by atoms with Gasteiger partial charge in [0, 0.05) is 12.7 Å². The van der Waals surface area contributed by atoms with Gasteiger partial charge in [0.25, 0.3) is 0 Å². The second-order valence-corrected chi connectivity index (χ2v) is 6.61. The summed E-state index contributed by atoms with van der Waals surface area (Å²) in [5.41, 5.74) is 3.99. The minimum atomic E-state index is -0.821. The lowest BCUT2D eigenvalue weighted by atomic mass is 10.0. The normalized spacial score (nSPS) is 12.2. The highest BCUT2D eigenvalue weighted by atomic mass is 16.5. The Morgan fingerprint density at radius 3 is 2.44 bits per heavy atom. The fourth-order valence-electron chi connectivity index (χ4n) is 2.84. The highest BCUT2D eigenvalue weighted by Gasteiger charge is 2.20. The first-order valence-corrected chi connectivity index (χ1v) is 8.47. The zero-order valence-electron chi connectivity index (χ0n) is 15.2. The quantitative estimate of drug-likeness (QED) is 0.768. The predicted octanol–water partition coefficient (Wildman–Crippen LogP) is 3.48. The average molecular weight is 342 g/mol. The molecule has 1 aromatic heterocycles. The molecule has 2 rings (SSSR count). The number of aromatic nitrogens is 1. The third kappa shape index (κ3) is 5.29. The van der Waals surface area contributed by atoms with E-state index in [2.05, 4.69) is 10.3 Å². The first-order chi connectivity index (χ1) is 11.9. The molecule has 0 amide bonds. The number of aliphatic carboxylic acids is 1. The highest BCUT2D eigenvalue weighted by molar-refractivity contribution is 5.73. The zero-order valence-corrected chi connectivity index (χ0v) is 15.2. The Balaban J connectivity index is 2.05. The molecule has 2 aromatic rings. The summed E-state index contributed by atoms with van der Waals surface area (Å²) in [6.07, 6.45) is 1.75. The van der Waals surface area contributed by atoms with Crippen LogP contribution in [0.5, 0.6) is 5.75 Å². The smallest absolute Gasteiger partial charge is 0.320 e. The Kier molecular flexibility index (Phi) is 6.53. The number of carbonyl (C=O) groups is 1. The molecule has 0 aliphatic heterocycles. The lowest BCUT2D eigenvalue weighted by molar-refractivity contribution is -0.140. The summed E-state index contributed by atoms with van der Waals surface area (Å²) in [5.74, 6) is 0.0625. The number of nitrogens with zero attached hydrogens (tertiary/aromatic N) is 1. The molecular formula is C20H26N2O3. The van der Waals surface area contributed by atoms with Gasteiger partial charge in [0.1, 0.15) is 18.4 Å². The van der Waals surface area contributed by atoms with Gasteiger partial charge in [-0.25, -0.2) is 0 Å². The fraction of sp³-hybridized carbons (Fsp3) is 0.400. The maximum absolute atomic E-state index is 11.3. The second-order valence-electron chi connectivity index (χ2n) is 6.61. The molecule has 0 bridgehead atoms. The Hall–Kier alpha value is -2.40. The van der Waals surface area contributed by atoms with Crippen molar-refractivity contribution in [3.63, 3.8) is 0 Å². The fourth-order valence-corrected chi connectivity index (χ4v) is 2.84. The summed E-state index contributed by atoms with van der Waals surface area (Å²) in [4.78, 5) is 15.5. The van der Waals surface area contributed by atoms with Crippen molar-refractivity contribution in [3.8, 4) is 5.75 Å². The third-order valence-corrected chi connectivity index (χ3v) is 4.07. The van der Waals surface area contributed by atoms with Gasteiger partial charge >= 0.3 is 5.97 Å². The van der Waals surface area contributed by atoms with E-state index in [0.717, 1.165) is 28.1 Å². The summed E-state index contributed by atoms with van der Waals surface area (Å²) < 4.78 is 5.93. The molecule has 0 aliphatic rings. The number of aryl methyl sites for hydroxylation is 2. The Morgan fingerprint density at radius 1 is 1.24 bits per heavy atom. The van der Waals surface area contributed by atoms with Crippen molar-refractivity contribution in [2.24, 2.45) is 5.92 Å². The van der Waals surface area contributed by atoms with Crippen LogP contribution in [0.15, 0.2) is 36.5 Å². The number of hydrogen-bond acceptors (Lipinski definition) is 4. The summed E-state index contributed by atoms with van der Waals surface area (Å²) >= 11 is 0. The van der Waals surface area contributed by atoms with E-state index in [4.69, 9.17) is 4.74 Å². The van der Waals surface area contributed by atoms with E-state index in [1.807, 2.05) is 58.0 Å². The number of ether oxygens (including phenoxy) is 1. The maximum atomic E-state index is 11.3. The van der Waals surface area contributed by atoms with Crippen molar-refractivity contribution in [2.45, 2.75) is 46.9 Å². The van der Waals surface area contributed by atoms with Crippen molar-refractivity contribution >= 4 is 5.97 Å². The summed E-state index contributed by atoms with van der Waals surface area (Å²) in [7, 11) is 0. The van der Waals surface area contributed by atoms with Crippen LogP contribution in [-0.4, -0.2) is 22.1 Å². The highest BCUT2D eigenvalue weighted by Crippen LogP contribution is 2.25. The third-order valence-electron chi connectivity index (χ3n) is 4.07. The molecule has 5 nitrogen and oxygen atoms in total. The maximum Gasteiger partial charge on any atom is 0.320 e. The Labute approximate surface area is 149 Å². The molecule has 0 radical (unpaired) electrons. The lowest BCUT2D eigenvalue weighted by Crippen LogP contribution is -2.40. The number of hydrogen-bond donors (Lipinski definition) is 2. The monoisotopic (exact) mass is 342 g/mol. The molecule has 2 N–H and O–H groups in total. The van der Waals surface area contributed by atoms with Gasteiger partial charge in [-0.1, -0.05) is 32.0 Å². The van der Waals surface area contributed by atoms with Crippen LogP contribution in [-0.2, 0) is 17.9 Å². The van der Waals surface area contributed by atoms with E-state index < -0.39 is 12.0 Å². The van der Waals surface area contributed by atoms with Gasteiger partial charge in [-0.2, -0.15) is 0 Å². The van der Waals surface area contributed by atoms with Gasteiger partial charge in [0.2, 0.25) is 0 Å². The van der Waals surface area contributed by atoms with Crippen molar-refractivity contribution in [3.05, 3.63) is 58.9 Å². The first kappa shape index (κ1) is 18.9. The van der Waals surface area contributed by atoms with Crippen LogP contribution in [0.4, 0.5) is 0 Å². The topological polar surface area (TPSA) is 71.5 Å². The Morgan fingerprint density at radius 2 is 1.92 bits per heavy atom. The summed E-state index contributed by atoms with van der Waals surface area (Å²) in [6.45, 7) is 8.74.